The smallest absolute Gasteiger partial charge is 0.306 e. The van der Waals surface area contributed by atoms with E-state index in [1.165, 1.54) is 0 Å². The number of nitrogens with zero attached hydrogens (tertiary/aromatic N) is 3. The molecule has 6 heteroatoms. The van der Waals surface area contributed by atoms with Crippen LogP contribution in [-0.2, 0) is 24.1 Å². The van der Waals surface area contributed by atoms with Gasteiger partial charge >= 0.3 is 5.97 Å². The maximum atomic E-state index is 11.1. The van der Waals surface area contributed by atoms with Crippen molar-refractivity contribution in [1.82, 2.24) is 15.0 Å². The maximum Gasteiger partial charge on any atom is 0.306 e. The van der Waals surface area contributed by atoms with E-state index in [2.05, 4.69) is 15.0 Å². The molecule has 2 aromatic heterocycles. The van der Waals surface area contributed by atoms with Crippen molar-refractivity contribution in [2.75, 3.05) is 0 Å². The van der Waals surface area contributed by atoms with Crippen molar-refractivity contribution in [1.29, 1.82) is 0 Å². The molecule has 110 valence electrons. The molecular formula is C15H17N3O2S. The van der Waals surface area contributed by atoms with Crippen LogP contribution in [-0.4, -0.2) is 26.0 Å². The molecule has 0 aliphatic heterocycles. The number of carboxylic acid groups (broad SMARTS) is 1. The first-order valence-corrected chi connectivity index (χ1v) is 7.90. The maximum absolute atomic E-state index is 11.1. The van der Waals surface area contributed by atoms with Crippen molar-refractivity contribution in [2.24, 2.45) is 5.92 Å². The molecule has 0 radical (unpaired) electrons. The van der Waals surface area contributed by atoms with E-state index in [1.54, 1.807) is 11.3 Å². The Morgan fingerprint density at radius 1 is 1.38 bits per heavy atom. The lowest BCUT2D eigenvalue weighted by Gasteiger charge is -2.22. The van der Waals surface area contributed by atoms with Crippen molar-refractivity contribution >= 4 is 17.3 Å². The predicted molar refractivity (Wildman–Crippen MR) is 79.6 cm³/mol. The first-order valence-electron chi connectivity index (χ1n) is 7.02. The largest absolute Gasteiger partial charge is 0.481 e. The number of hydrogen-bond donors (Lipinski definition) is 1. The Morgan fingerprint density at radius 2 is 2.19 bits per heavy atom. The van der Waals surface area contributed by atoms with E-state index in [4.69, 9.17) is 5.11 Å². The number of carboxylic acids is 1. The van der Waals surface area contributed by atoms with Gasteiger partial charge in [-0.2, -0.15) is 0 Å². The van der Waals surface area contributed by atoms with Crippen molar-refractivity contribution in [3.05, 3.63) is 38.9 Å². The highest BCUT2D eigenvalue weighted by molar-refractivity contribution is 7.09. The van der Waals surface area contributed by atoms with E-state index in [1.807, 2.05) is 19.2 Å². The lowest BCUT2D eigenvalue weighted by Crippen LogP contribution is -2.24. The highest BCUT2D eigenvalue weighted by Gasteiger charge is 2.27. The van der Waals surface area contributed by atoms with Crippen LogP contribution in [0, 0.1) is 19.8 Å². The summed E-state index contributed by atoms with van der Waals surface area (Å²) in [5.41, 5.74) is 3.97. The molecule has 1 atom stereocenters. The Morgan fingerprint density at radius 3 is 2.86 bits per heavy atom. The molecule has 0 amide bonds. The number of hydrogen-bond acceptors (Lipinski definition) is 5. The van der Waals surface area contributed by atoms with E-state index in [-0.39, 0.29) is 5.92 Å². The number of carbonyl (C=O) groups is 1. The number of thiazole rings is 1. The summed E-state index contributed by atoms with van der Waals surface area (Å²) in [5, 5.41) is 12.2. The lowest BCUT2D eigenvalue weighted by molar-refractivity contribution is -0.142. The molecule has 0 aromatic carbocycles. The van der Waals surface area contributed by atoms with Gasteiger partial charge in [-0.1, -0.05) is 0 Å². The van der Waals surface area contributed by atoms with Gasteiger partial charge in [0, 0.05) is 22.5 Å². The zero-order chi connectivity index (χ0) is 15.0. The SMILES string of the molecule is Cc1csc(Cc2nc(C)c3c(n2)CCC(C(=O)O)C3)n1. The number of aromatic nitrogens is 3. The molecule has 21 heavy (non-hydrogen) atoms. The van der Waals surface area contributed by atoms with Crippen LogP contribution in [0.3, 0.4) is 0 Å². The molecule has 1 N–H and O–H groups in total. The molecule has 1 aliphatic rings. The average molecular weight is 303 g/mol. The van der Waals surface area contributed by atoms with Crippen LogP contribution in [0.1, 0.15) is 39.9 Å². The molecular weight excluding hydrogens is 286 g/mol. The third-order valence-corrected chi connectivity index (χ3v) is 4.82. The van der Waals surface area contributed by atoms with Crippen LogP contribution < -0.4 is 0 Å². The second-order valence-electron chi connectivity index (χ2n) is 5.49. The first-order chi connectivity index (χ1) is 10.0. The summed E-state index contributed by atoms with van der Waals surface area (Å²) >= 11 is 1.62. The van der Waals surface area contributed by atoms with E-state index in [9.17, 15) is 4.79 Å². The molecule has 0 fully saturated rings. The molecule has 5 nitrogen and oxygen atoms in total. The third-order valence-electron chi connectivity index (χ3n) is 3.85. The molecule has 0 saturated carbocycles. The molecule has 3 rings (SSSR count). The van der Waals surface area contributed by atoms with Crippen LogP contribution in [0.2, 0.25) is 0 Å². The van der Waals surface area contributed by atoms with Gasteiger partial charge in [0.15, 0.2) is 0 Å². The Hall–Kier alpha value is -1.82. The molecule has 2 heterocycles. The second kappa shape index (κ2) is 5.52. The summed E-state index contributed by atoms with van der Waals surface area (Å²) in [6, 6.07) is 0. The van der Waals surface area contributed by atoms with E-state index in [0.29, 0.717) is 19.3 Å². The van der Waals surface area contributed by atoms with Crippen molar-refractivity contribution < 1.29 is 9.90 Å². The molecule has 1 aliphatic carbocycles. The Balaban J connectivity index is 1.86. The summed E-state index contributed by atoms with van der Waals surface area (Å²) in [7, 11) is 0. The fourth-order valence-corrected chi connectivity index (χ4v) is 3.53. The number of aliphatic carboxylic acids is 1. The van der Waals surface area contributed by atoms with Crippen LogP contribution in [0.25, 0.3) is 0 Å². The van der Waals surface area contributed by atoms with Crippen molar-refractivity contribution in [3.8, 4) is 0 Å². The van der Waals surface area contributed by atoms with Gasteiger partial charge in [0.25, 0.3) is 0 Å². The lowest BCUT2D eigenvalue weighted by atomic mass is 9.86. The number of rotatable bonds is 3. The van der Waals surface area contributed by atoms with Crippen molar-refractivity contribution in [3.63, 3.8) is 0 Å². The quantitative estimate of drug-likeness (QED) is 0.941. The van der Waals surface area contributed by atoms with Crippen molar-refractivity contribution in [2.45, 2.75) is 39.5 Å². The molecule has 0 spiro atoms. The van der Waals surface area contributed by atoms with Gasteiger partial charge in [0.2, 0.25) is 0 Å². The van der Waals surface area contributed by atoms with Crippen LogP contribution in [0.5, 0.6) is 0 Å². The summed E-state index contributed by atoms with van der Waals surface area (Å²) < 4.78 is 0. The Labute approximate surface area is 127 Å². The first kappa shape index (κ1) is 14.1. The Bertz CT molecular complexity index is 696. The minimum absolute atomic E-state index is 0.299. The monoisotopic (exact) mass is 303 g/mol. The van der Waals surface area contributed by atoms with Crippen LogP contribution >= 0.6 is 11.3 Å². The second-order valence-corrected chi connectivity index (χ2v) is 6.43. The highest BCUT2D eigenvalue weighted by Crippen LogP contribution is 2.27. The minimum atomic E-state index is -0.720. The van der Waals surface area contributed by atoms with Gasteiger partial charge < -0.3 is 5.11 Å². The Kier molecular flexibility index (Phi) is 3.71. The van der Waals surface area contributed by atoms with Gasteiger partial charge in [0.05, 0.1) is 12.3 Å². The standard InChI is InChI=1S/C15H17N3O2S/c1-8-7-21-14(16-8)6-13-17-9(2)11-5-10(15(19)20)3-4-12(11)18-13/h7,10H,3-6H2,1-2H3,(H,19,20). The normalized spacial score (nSPS) is 17.5. The fourth-order valence-electron chi connectivity index (χ4n) is 2.76. The highest BCUT2D eigenvalue weighted by atomic mass is 32.1. The predicted octanol–water partition coefficient (Wildman–Crippen LogP) is 2.33. The van der Waals surface area contributed by atoms with Gasteiger partial charge in [0.1, 0.15) is 10.8 Å². The number of fused-ring (bicyclic) bond motifs is 1. The minimum Gasteiger partial charge on any atom is -0.481 e. The van der Waals surface area contributed by atoms with Crippen LogP contribution in [0.4, 0.5) is 0 Å². The summed E-state index contributed by atoms with van der Waals surface area (Å²) in [5.74, 6) is -0.232. The van der Waals surface area contributed by atoms with E-state index >= 15 is 0 Å². The fraction of sp³-hybridized carbons (Fsp3) is 0.467. The van der Waals surface area contributed by atoms with Crippen LogP contribution in [0.15, 0.2) is 5.38 Å². The molecule has 0 bridgehead atoms. The summed E-state index contributed by atoms with van der Waals surface area (Å²) in [6.07, 6.45) is 2.58. The van der Waals surface area contributed by atoms with Gasteiger partial charge in [-0.05, 0) is 38.7 Å². The van der Waals surface area contributed by atoms with Gasteiger partial charge in [-0.25, -0.2) is 15.0 Å². The summed E-state index contributed by atoms with van der Waals surface area (Å²) in [4.78, 5) is 24.8. The zero-order valence-electron chi connectivity index (χ0n) is 12.1. The van der Waals surface area contributed by atoms with Gasteiger partial charge in [-0.15, -0.1) is 11.3 Å². The average Bonchev–Trinajstić information content (AvgIpc) is 2.83. The zero-order valence-corrected chi connectivity index (χ0v) is 12.9. The third kappa shape index (κ3) is 2.95. The molecule has 2 aromatic rings. The summed E-state index contributed by atoms with van der Waals surface area (Å²) in [6.45, 7) is 3.92. The topological polar surface area (TPSA) is 76.0 Å². The van der Waals surface area contributed by atoms with Gasteiger partial charge in [-0.3, -0.25) is 4.79 Å². The van der Waals surface area contributed by atoms with E-state index < -0.39 is 5.97 Å². The molecule has 0 saturated heterocycles. The number of aryl methyl sites for hydroxylation is 3. The van der Waals surface area contributed by atoms with E-state index in [0.717, 1.165) is 39.9 Å². The molecule has 1 unspecified atom stereocenters.